The second-order valence-electron chi connectivity index (χ2n) is 6.91. The van der Waals surface area contributed by atoms with E-state index in [1.54, 1.807) is 19.3 Å². The van der Waals surface area contributed by atoms with Gasteiger partial charge in [0.05, 0.1) is 0 Å². The summed E-state index contributed by atoms with van der Waals surface area (Å²) in [5, 5.41) is 7.15. The average Bonchev–Trinajstić information content (AvgIpc) is 2.59. The van der Waals surface area contributed by atoms with Crippen LogP contribution in [0.4, 0.5) is 0 Å². The molecule has 0 amide bonds. The Bertz CT molecular complexity index is 723. The van der Waals surface area contributed by atoms with Crippen molar-refractivity contribution >= 4 is 17.6 Å². The summed E-state index contributed by atoms with van der Waals surface area (Å²) < 4.78 is 6.03. The van der Waals surface area contributed by atoms with Crippen LogP contribution in [0.5, 0.6) is 5.75 Å². The van der Waals surface area contributed by atoms with Crippen LogP contribution in [0.1, 0.15) is 31.9 Å². The van der Waals surface area contributed by atoms with Crippen LogP contribution in [0, 0.1) is 0 Å². The molecule has 0 unspecified atom stereocenters. The fourth-order valence-electron chi connectivity index (χ4n) is 2.36. The van der Waals surface area contributed by atoms with E-state index in [0.717, 1.165) is 35.8 Å². The van der Waals surface area contributed by atoms with Gasteiger partial charge in [-0.15, -0.1) is 0 Å². The fraction of sp³-hybridized carbons (Fsp3) is 0.400. The molecule has 0 aliphatic heterocycles. The van der Waals surface area contributed by atoms with Gasteiger partial charge in [0.1, 0.15) is 16.5 Å². The Labute approximate surface area is 160 Å². The van der Waals surface area contributed by atoms with Gasteiger partial charge in [-0.25, -0.2) is 4.98 Å². The molecule has 0 radical (unpaired) electrons. The molecule has 0 atom stereocenters. The Balaban J connectivity index is 1.86. The van der Waals surface area contributed by atoms with Crippen molar-refractivity contribution in [2.75, 3.05) is 13.6 Å². The Morgan fingerprint density at radius 3 is 2.58 bits per heavy atom. The number of halogens is 1. The van der Waals surface area contributed by atoms with Gasteiger partial charge in [0.2, 0.25) is 0 Å². The van der Waals surface area contributed by atoms with Crippen LogP contribution in [-0.4, -0.2) is 30.1 Å². The number of pyridine rings is 1. The number of rotatable bonds is 6. The number of benzene rings is 1. The minimum atomic E-state index is -0.233. The van der Waals surface area contributed by atoms with Crippen LogP contribution in [-0.2, 0) is 13.0 Å². The molecule has 0 bridgehead atoms. The summed E-state index contributed by atoms with van der Waals surface area (Å²) in [4.78, 5) is 8.36. The molecule has 2 rings (SSSR count). The molecule has 5 nitrogen and oxygen atoms in total. The number of para-hydroxylation sites is 1. The standard InChI is InChI=1S/C20H27ClN4O/c1-20(2,3)26-17-8-6-5-7-16(17)14-25-19(22-4)23-12-11-15-9-10-18(21)24-13-15/h5-10,13H,11-12,14H2,1-4H3,(H2,22,23,25). The quantitative estimate of drug-likeness (QED) is 0.458. The molecular formula is C20H27ClN4O. The van der Waals surface area contributed by atoms with Gasteiger partial charge in [0.25, 0.3) is 0 Å². The minimum absolute atomic E-state index is 0.233. The second-order valence-corrected chi connectivity index (χ2v) is 7.30. The van der Waals surface area contributed by atoms with Crippen molar-refractivity contribution in [1.29, 1.82) is 0 Å². The maximum absolute atomic E-state index is 6.03. The van der Waals surface area contributed by atoms with E-state index in [2.05, 4.69) is 26.7 Å². The molecule has 6 heteroatoms. The number of hydrogen-bond acceptors (Lipinski definition) is 3. The van der Waals surface area contributed by atoms with E-state index in [1.165, 1.54) is 0 Å². The molecule has 2 N–H and O–H groups in total. The molecule has 0 aliphatic rings. The van der Waals surface area contributed by atoms with Gasteiger partial charge in [0.15, 0.2) is 5.96 Å². The number of nitrogens with zero attached hydrogens (tertiary/aromatic N) is 2. The smallest absolute Gasteiger partial charge is 0.191 e. The third kappa shape index (κ3) is 6.92. The SMILES string of the molecule is CN=C(NCCc1ccc(Cl)nc1)NCc1ccccc1OC(C)(C)C. The Hall–Kier alpha value is -2.27. The molecule has 0 fully saturated rings. The lowest BCUT2D eigenvalue weighted by Crippen LogP contribution is -2.38. The molecule has 2 aromatic rings. The van der Waals surface area contributed by atoms with Gasteiger partial charge < -0.3 is 15.4 Å². The van der Waals surface area contributed by atoms with E-state index in [-0.39, 0.29) is 5.60 Å². The summed E-state index contributed by atoms with van der Waals surface area (Å²) in [6, 6.07) is 11.8. The van der Waals surface area contributed by atoms with Crippen LogP contribution < -0.4 is 15.4 Å². The summed E-state index contributed by atoms with van der Waals surface area (Å²) in [6.07, 6.45) is 2.63. The van der Waals surface area contributed by atoms with Crippen LogP contribution >= 0.6 is 11.6 Å². The molecule has 0 saturated heterocycles. The van der Waals surface area contributed by atoms with Gasteiger partial charge in [-0.1, -0.05) is 35.9 Å². The maximum Gasteiger partial charge on any atom is 0.191 e. The Morgan fingerprint density at radius 1 is 1.15 bits per heavy atom. The monoisotopic (exact) mass is 374 g/mol. The highest BCUT2D eigenvalue weighted by molar-refractivity contribution is 6.29. The second kappa shape index (κ2) is 9.43. The number of aliphatic imine (C=N–C) groups is 1. The van der Waals surface area contributed by atoms with Crippen LogP contribution in [0.2, 0.25) is 5.15 Å². The Kier molecular flexibility index (Phi) is 7.27. The first-order valence-corrected chi connectivity index (χ1v) is 9.07. The van der Waals surface area contributed by atoms with Crippen molar-refractivity contribution in [1.82, 2.24) is 15.6 Å². The number of nitrogens with one attached hydrogen (secondary N) is 2. The molecule has 0 aliphatic carbocycles. The van der Waals surface area contributed by atoms with Crippen molar-refractivity contribution in [3.8, 4) is 5.75 Å². The van der Waals surface area contributed by atoms with Crippen LogP contribution in [0.15, 0.2) is 47.6 Å². The largest absolute Gasteiger partial charge is 0.488 e. The van der Waals surface area contributed by atoms with Gasteiger partial charge in [-0.05, 0) is 44.9 Å². The molecule has 1 aromatic heterocycles. The van der Waals surface area contributed by atoms with Crippen molar-refractivity contribution < 1.29 is 4.74 Å². The topological polar surface area (TPSA) is 58.5 Å². The van der Waals surface area contributed by atoms with Gasteiger partial charge >= 0.3 is 0 Å². The zero-order valence-corrected chi connectivity index (χ0v) is 16.6. The predicted molar refractivity (Wildman–Crippen MR) is 108 cm³/mol. The van der Waals surface area contributed by atoms with Crippen molar-refractivity contribution in [2.45, 2.75) is 39.3 Å². The Morgan fingerprint density at radius 2 is 1.92 bits per heavy atom. The zero-order chi connectivity index (χ0) is 19.0. The lowest BCUT2D eigenvalue weighted by Gasteiger charge is -2.23. The first kappa shape index (κ1) is 20.0. The predicted octanol–water partition coefficient (Wildman–Crippen LogP) is 3.82. The molecule has 0 saturated carbocycles. The summed E-state index contributed by atoms with van der Waals surface area (Å²) in [5.41, 5.74) is 1.98. The highest BCUT2D eigenvalue weighted by Gasteiger charge is 2.14. The summed E-state index contributed by atoms with van der Waals surface area (Å²) in [6.45, 7) is 7.52. The molecule has 1 aromatic carbocycles. The third-order valence-corrected chi connectivity index (χ3v) is 3.78. The highest BCUT2D eigenvalue weighted by atomic mass is 35.5. The molecule has 1 heterocycles. The average molecular weight is 375 g/mol. The third-order valence-electron chi connectivity index (χ3n) is 3.55. The maximum atomic E-state index is 6.03. The van der Waals surface area contributed by atoms with Crippen molar-refractivity contribution in [2.24, 2.45) is 4.99 Å². The number of ether oxygens (including phenoxy) is 1. The lowest BCUT2D eigenvalue weighted by molar-refractivity contribution is 0.129. The van der Waals surface area contributed by atoms with E-state index < -0.39 is 0 Å². The first-order valence-electron chi connectivity index (χ1n) is 8.69. The van der Waals surface area contributed by atoms with E-state index in [9.17, 15) is 0 Å². The summed E-state index contributed by atoms with van der Waals surface area (Å²) in [7, 11) is 1.76. The van der Waals surface area contributed by atoms with E-state index in [0.29, 0.717) is 11.7 Å². The lowest BCUT2D eigenvalue weighted by atomic mass is 10.1. The van der Waals surface area contributed by atoms with Crippen molar-refractivity contribution in [3.63, 3.8) is 0 Å². The van der Waals surface area contributed by atoms with E-state index in [1.807, 2.05) is 45.0 Å². The van der Waals surface area contributed by atoms with Gasteiger partial charge in [-0.3, -0.25) is 4.99 Å². The van der Waals surface area contributed by atoms with Crippen molar-refractivity contribution in [3.05, 3.63) is 58.9 Å². The van der Waals surface area contributed by atoms with E-state index >= 15 is 0 Å². The van der Waals surface area contributed by atoms with E-state index in [4.69, 9.17) is 16.3 Å². The number of aromatic nitrogens is 1. The molecule has 0 spiro atoms. The van der Waals surface area contributed by atoms with Gasteiger partial charge in [-0.2, -0.15) is 0 Å². The molecular weight excluding hydrogens is 348 g/mol. The molecule has 26 heavy (non-hydrogen) atoms. The number of guanidine groups is 1. The fourth-order valence-corrected chi connectivity index (χ4v) is 2.47. The molecule has 140 valence electrons. The van der Waals surface area contributed by atoms with Crippen LogP contribution in [0.25, 0.3) is 0 Å². The summed E-state index contributed by atoms with van der Waals surface area (Å²) >= 11 is 5.80. The minimum Gasteiger partial charge on any atom is -0.488 e. The van der Waals surface area contributed by atoms with Gasteiger partial charge in [0, 0.05) is 31.9 Å². The summed E-state index contributed by atoms with van der Waals surface area (Å²) in [5.74, 6) is 1.63. The zero-order valence-electron chi connectivity index (χ0n) is 15.8. The van der Waals surface area contributed by atoms with Crippen LogP contribution in [0.3, 0.4) is 0 Å². The first-order chi connectivity index (χ1) is 12.4. The normalized spacial score (nSPS) is 12.0. The highest BCUT2D eigenvalue weighted by Crippen LogP contribution is 2.22. The number of hydrogen-bond donors (Lipinski definition) is 2.